The van der Waals surface area contributed by atoms with Gasteiger partial charge in [0, 0.05) is 5.69 Å². The first-order valence-electron chi connectivity index (χ1n) is 6.37. The molecule has 0 unspecified atom stereocenters. The van der Waals surface area contributed by atoms with E-state index >= 15 is 0 Å². The number of benzene rings is 2. The van der Waals surface area contributed by atoms with Crippen molar-refractivity contribution in [2.75, 3.05) is 16.6 Å². The minimum Gasteiger partial charge on any atom is -0.301 e. The van der Waals surface area contributed by atoms with E-state index in [0.717, 1.165) is 4.90 Å². The van der Waals surface area contributed by atoms with Crippen LogP contribution in [0.4, 0.5) is 24.5 Å². The molecule has 0 saturated carbocycles. The van der Waals surface area contributed by atoms with Crippen LogP contribution in [0.3, 0.4) is 0 Å². The van der Waals surface area contributed by atoms with Gasteiger partial charge in [-0.1, -0.05) is 36.4 Å². The molecular formula is C15H12F3N3. The van der Waals surface area contributed by atoms with Gasteiger partial charge in [0.25, 0.3) is 0 Å². The van der Waals surface area contributed by atoms with E-state index in [0.29, 0.717) is 11.4 Å². The van der Waals surface area contributed by atoms with Crippen LogP contribution in [-0.4, -0.2) is 18.7 Å². The smallest absolute Gasteiger partial charge is 0.301 e. The Kier molecular flexibility index (Phi) is 3.29. The first kappa shape index (κ1) is 13.5. The molecule has 0 aromatic heterocycles. The highest BCUT2D eigenvalue weighted by Gasteiger charge is 2.44. The average molecular weight is 291 g/mol. The summed E-state index contributed by atoms with van der Waals surface area (Å²) in [6.45, 7) is 0.0306. The van der Waals surface area contributed by atoms with Crippen molar-refractivity contribution in [1.29, 1.82) is 0 Å². The van der Waals surface area contributed by atoms with E-state index in [4.69, 9.17) is 0 Å². The van der Waals surface area contributed by atoms with Crippen molar-refractivity contribution in [3.8, 4) is 0 Å². The standard InChI is InChI=1S/C15H12F3N3/c16-15(17,18)14-19-21(13-9-5-2-6-10-13)11-20(14)12-7-3-1-4-8-12/h1-10H,11H2. The lowest BCUT2D eigenvalue weighted by Gasteiger charge is -2.22. The van der Waals surface area contributed by atoms with Crippen LogP contribution < -0.4 is 9.91 Å². The quantitative estimate of drug-likeness (QED) is 0.837. The molecular weight excluding hydrogens is 279 g/mol. The van der Waals surface area contributed by atoms with Crippen LogP contribution in [0.15, 0.2) is 65.8 Å². The Morgan fingerprint density at radius 3 is 1.86 bits per heavy atom. The zero-order chi connectivity index (χ0) is 14.9. The van der Waals surface area contributed by atoms with Crippen LogP contribution in [0.2, 0.25) is 0 Å². The van der Waals surface area contributed by atoms with Gasteiger partial charge in [-0.15, -0.1) is 5.10 Å². The molecule has 1 heterocycles. The Morgan fingerprint density at radius 2 is 1.33 bits per heavy atom. The summed E-state index contributed by atoms with van der Waals surface area (Å²) < 4.78 is 39.6. The van der Waals surface area contributed by atoms with Crippen LogP contribution in [0, 0.1) is 0 Å². The van der Waals surface area contributed by atoms with Crippen molar-refractivity contribution in [3.05, 3.63) is 60.7 Å². The summed E-state index contributed by atoms with van der Waals surface area (Å²) in [5, 5.41) is 5.08. The van der Waals surface area contributed by atoms with Gasteiger partial charge in [-0.2, -0.15) is 13.2 Å². The Bertz CT molecular complexity index is 638. The van der Waals surface area contributed by atoms with E-state index in [2.05, 4.69) is 5.10 Å². The number of nitrogens with zero attached hydrogens (tertiary/aromatic N) is 3. The van der Waals surface area contributed by atoms with Crippen molar-refractivity contribution in [2.24, 2.45) is 5.10 Å². The third-order valence-corrected chi connectivity index (χ3v) is 3.12. The Morgan fingerprint density at radius 1 is 0.810 bits per heavy atom. The topological polar surface area (TPSA) is 18.8 Å². The van der Waals surface area contributed by atoms with E-state index in [1.54, 1.807) is 54.6 Å². The Hall–Kier alpha value is -2.50. The first-order chi connectivity index (χ1) is 10.1. The second-order valence-electron chi connectivity index (χ2n) is 4.56. The summed E-state index contributed by atoms with van der Waals surface area (Å²) in [4.78, 5) is 1.16. The lowest BCUT2D eigenvalue weighted by Crippen LogP contribution is -2.39. The number of alkyl halides is 3. The van der Waals surface area contributed by atoms with E-state index in [-0.39, 0.29) is 6.67 Å². The number of hydrogen-bond acceptors (Lipinski definition) is 3. The summed E-state index contributed by atoms with van der Waals surface area (Å²) in [6.07, 6.45) is -4.50. The molecule has 108 valence electrons. The molecule has 1 aliphatic heterocycles. The molecule has 0 atom stereocenters. The first-order valence-corrected chi connectivity index (χ1v) is 6.37. The van der Waals surface area contributed by atoms with Gasteiger partial charge >= 0.3 is 6.18 Å². The summed E-state index contributed by atoms with van der Waals surface area (Å²) in [5.74, 6) is -0.905. The summed E-state index contributed by atoms with van der Waals surface area (Å²) in [6, 6.07) is 17.2. The molecule has 0 radical (unpaired) electrons. The van der Waals surface area contributed by atoms with Gasteiger partial charge in [-0.05, 0) is 24.3 Å². The molecule has 0 spiro atoms. The molecule has 2 aromatic carbocycles. The molecule has 3 nitrogen and oxygen atoms in total. The predicted molar refractivity (Wildman–Crippen MR) is 76.2 cm³/mol. The van der Waals surface area contributed by atoms with E-state index in [9.17, 15) is 13.2 Å². The summed E-state index contributed by atoms with van der Waals surface area (Å²) in [5.41, 5.74) is 1.09. The van der Waals surface area contributed by atoms with Gasteiger partial charge in [0.15, 0.2) is 0 Å². The Labute approximate surface area is 119 Å². The summed E-state index contributed by atoms with van der Waals surface area (Å²) >= 11 is 0. The lowest BCUT2D eigenvalue weighted by atomic mass is 10.3. The van der Waals surface area contributed by atoms with Crippen LogP contribution >= 0.6 is 0 Å². The highest BCUT2D eigenvalue weighted by atomic mass is 19.4. The molecule has 1 aliphatic rings. The van der Waals surface area contributed by atoms with Crippen LogP contribution in [-0.2, 0) is 0 Å². The molecule has 0 N–H and O–H groups in total. The predicted octanol–water partition coefficient (Wildman–Crippen LogP) is 3.85. The van der Waals surface area contributed by atoms with Crippen molar-refractivity contribution < 1.29 is 13.2 Å². The van der Waals surface area contributed by atoms with Gasteiger partial charge in [0.2, 0.25) is 5.84 Å². The molecule has 0 saturated heterocycles. The van der Waals surface area contributed by atoms with E-state index in [1.807, 2.05) is 6.07 Å². The highest BCUT2D eigenvalue weighted by Crippen LogP contribution is 2.31. The number of rotatable bonds is 2. The lowest BCUT2D eigenvalue weighted by molar-refractivity contribution is -0.0596. The second kappa shape index (κ2) is 5.12. The van der Waals surface area contributed by atoms with Gasteiger partial charge in [0.05, 0.1) is 5.69 Å². The van der Waals surface area contributed by atoms with E-state index in [1.165, 1.54) is 5.01 Å². The molecule has 0 fully saturated rings. The number of hydrogen-bond donors (Lipinski definition) is 0. The molecule has 21 heavy (non-hydrogen) atoms. The van der Waals surface area contributed by atoms with Gasteiger partial charge in [-0.3, -0.25) is 0 Å². The number of hydrazone groups is 1. The molecule has 6 heteroatoms. The van der Waals surface area contributed by atoms with Crippen LogP contribution in [0.5, 0.6) is 0 Å². The fourth-order valence-corrected chi connectivity index (χ4v) is 2.16. The summed E-state index contributed by atoms with van der Waals surface area (Å²) in [7, 11) is 0. The van der Waals surface area contributed by atoms with Crippen molar-refractivity contribution >= 4 is 17.2 Å². The number of amidine groups is 1. The zero-order valence-corrected chi connectivity index (χ0v) is 11.0. The SMILES string of the molecule is FC(F)(F)C1=NN(c2ccccc2)CN1c1ccccc1. The van der Waals surface area contributed by atoms with Gasteiger partial charge in [0.1, 0.15) is 6.67 Å². The van der Waals surface area contributed by atoms with Crippen LogP contribution in [0.1, 0.15) is 0 Å². The molecule has 3 rings (SSSR count). The van der Waals surface area contributed by atoms with Crippen LogP contribution in [0.25, 0.3) is 0 Å². The third kappa shape index (κ3) is 2.69. The molecule has 0 aliphatic carbocycles. The third-order valence-electron chi connectivity index (χ3n) is 3.12. The number of halogens is 3. The monoisotopic (exact) mass is 291 g/mol. The molecule has 0 amide bonds. The molecule has 0 bridgehead atoms. The minimum absolute atomic E-state index is 0.0306. The maximum Gasteiger partial charge on any atom is 0.451 e. The largest absolute Gasteiger partial charge is 0.451 e. The zero-order valence-electron chi connectivity index (χ0n) is 11.0. The number of para-hydroxylation sites is 2. The van der Waals surface area contributed by atoms with Gasteiger partial charge in [-0.25, -0.2) is 5.01 Å². The average Bonchev–Trinajstić information content (AvgIpc) is 2.94. The fraction of sp³-hybridized carbons (Fsp3) is 0.133. The van der Waals surface area contributed by atoms with Crippen molar-refractivity contribution in [2.45, 2.75) is 6.18 Å². The Balaban J connectivity index is 1.98. The maximum atomic E-state index is 13.2. The van der Waals surface area contributed by atoms with Gasteiger partial charge < -0.3 is 4.90 Å². The highest BCUT2D eigenvalue weighted by molar-refractivity contribution is 6.04. The molecule has 2 aromatic rings. The van der Waals surface area contributed by atoms with Crippen molar-refractivity contribution in [1.82, 2.24) is 0 Å². The van der Waals surface area contributed by atoms with E-state index < -0.39 is 12.0 Å². The number of anilines is 2. The minimum atomic E-state index is -4.50. The normalized spacial score (nSPS) is 15.3. The maximum absolute atomic E-state index is 13.2. The fourth-order valence-electron chi connectivity index (χ4n) is 2.16. The second-order valence-corrected chi connectivity index (χ2v) is 4.56. The van der Waals surface area contributed by atoms with Crippen molar-refractivity contribution in [3.63, 3.8) is 0 Å².